The third-order valence-electron chi connectivity index (χ3n) is 5.77. The van der Waals surface area contributed by atoms with Crippen LogP contribution in [0.3, 0.4) is 0 Å². The molecule has 2 atom stereocenters. The molecule has 0 saturated carbocycles. The topological polar surface area (TPSA) is 59.1 Å². The number of para-hydroxylation sites is 2. The number of benzene rings is 2. The van der Waals surface area contributed by atoms with Crippen LogP contribution in [0, 0.1) is 5.82 Å². The smallest absolute Gasteiger partial charge is 0.264 e. The van der Waals surface area contributed by atoms with Crippen molar-refractivity contribution in [1.82, 2.24) is 9.80 Å². The number of ether oxygens (including phenoxy) is 2. The van der Waals surface area contributed by atoms with Gasteiger partial charge in [0.25, 0.3) is 11.8 Å². The summed E-state index contributed by atoms with van der Waals surface area (Å²) in [5.74, 6) is -0.0902. The van der Waals surface area contributed by atoms with E-state index in [2.05, 4.69) is 4.90 Å². The van der Waals surface area contributed by atoms with Gasteiger partial charge in [-0.25, -0.2) is 4.39 Å². The third-order valence-corrected chi connectivity index (χ3v) is 5.77. The van der Waals surface area contributed by atoms with Gasteiger partial charge in [0.15, 0.2) is 11.5 Å². The van der Waals surface area contributed by atoms with E-state index in [-0.39, 0.29) is 23.3 Å². The Morgan fingerprint density at radius 1 is 1.03 bits per heavy atom. The summed E-state index contributed by atoms with van der Waals surface area (Å²) in [4.78, 5) is 29.0. The van der Waals surface area contributed by atoms with Gasteiger partial charge in [-0.2, -0.15) is 0 Å². The Balaban J connectivity index is 1.28. The van der Waals surface area contributed by atoms with Crippen LogP contribution in [0.15, 0.2) is 42.5 Å². The van der Waals surface area contributed by atoms with Crippen molar-refractivity contribution in [3.63, 3.8) is 0 Å². The van der Waals surface area contributed by atoms with Crippen molar-refractivity contribution >= 4 is 11.8 Å². The summed E-state index contributed by atoms with van der Waals surface area (Å²) in [5.41, 5.74) is 0.0583. The molecule has 2 aromatic rings. The molecule has 0 aliphatic carbocycles. The van der Waals surface area contributed by atoms with Crippen LogP contribution in [0.4, 0.5) is 4.39 Å². The van der Waals surface area contributed by atoms with E-state index in [0.29, 0.717) is 26.1 Å². The highest BCUT2D eigenvalue weighted by Crippen LogP contribution is 2.32. The maximum absolute atomic E-state index is 14.1. The van der Waals surface area contributed by atoms with Gasteiger partial charge in [-0.3, -0.25) is 19.4 Å². The van der Waals surface area contributed by atoms with E-state index in [9.17, 15) is 14.0 Å². The molecule has 29 heavy (non-hydrogen) atoms. The summed E-state index contributed by atoms with van der Waals surface area (Å²) in [6.07, 6.45) is 1.45. The summed E-state index contributed by atoms with van der Waals surface area (Å²) >= 11 is 0. The van der Waals surface area contributed by atoms with Gasteiger partial charge >= 0.3 is 0 Å². The summed E-state index contributed by atoms with van der Waals surface area (Å²) in [5, 5.41) is 0. The lowest BCUT2D eigenvalue weighted by molar-refractivity contribution is 0.0299. The first kappa shape index (κ1) is 18.1. The number of nitrogens with zero attached hydrogens (tertiary/aromatic N) is 2. The zero-order valence-corrected chi connectivity index (χ0v) is 15.8. The predicted molar refractivity (Wildman–Crippen MR) is 103 cm³/mol. The van der Waals surface area contributed by atoms with Crippen molar-refractivity contribution in [3.05, 3.63) is 59.4 Å². The monoisotopic (exact) mass is 396 g/mol. The molecule has 3 aliphatic heterocycles. The van der Waals surface area contributed by atoms with Crippen LogP contribution in [0.2, 0.25) is 0 Å². The largest absolute Gasteiger partial charge is 0.486 e. The van der Waals surface area contributed by atoms with Crippen molar-refractivity contribution in [2.75, 3.05) is 26.2 Å². The molecule has 2 unspecified atom stereocenters. The Morgan fingerprint density at radius 3 is 2.69 bits per heavy atom. The quantitative estimate of drug-likeness (QED) is 0.747. The number of carbonyl (C=O) groups is 2. The van der Waals surface area contributed by atoms with E-state index in [1.54, 1.807) is 0 Å². The summed E-state index contributed by atoms with van der Waals surface area (Å²) < 4.78 is 25.9. The minimum atomic E-state index is -0.637. The van der Waals surface area contributed by atoms with E-state index in [1.165, 1.54) is 23.1 Å². The molecule has 0 spiro atoms. The van der Waals surface area contributed by atoms with Gasteiger partial charge in [-0.15, -0.1) is 0 Å². The van der Waals surface area contributed by atoms with Crippen LogP contribution in [0.1, 0.15) is 33.6 Å². The SMILES string of the molecule is O=C1c2cccc(F)c2C(=O)N1C1CCCN(CC2COc3ccccc3O2)C1. The third kappa shape index (κ3) is 3.15. The molecule has 5 rings (SSSR count). The van der Waals surface area contributed by atoms with Crippen molar-refractivity contribution in [2.24, 2.45) is 0 Å². The van der Waals surface area contributed by atoms with Gasteiger partial charge in [0, 0.05) is 13.1 Å². The van der Waals surface area contributed by atoms with Crippen LogP contribution in [-0.2, 0) is 0 Å². The Hall–Kier alpha value is -2.93. The molecule has 150 valence electrons. The Bertz CT molecular complexity index is 979. The molecule has 1 saturated heterocycles. The first-order chi connectivity index (χ1) is 14.1. The van der Waals surface area contributed by atoms with Crippen LogP contribution in [0.25, 0.3) is 0 Å². The van der Waals surface area contributed by atoms with Gasteiger partial charge in [0.05, 0.1) is 17.2 Å². The number of fused-ring (bicyclic) bond motifs is 2. The zero-order valence-electron chi connectivity index (χ0n) is 15.8. The van der Waals surface area contributed by atoms with Crippen LogP contribution < -0.4 is 9.47 Å². The average Bonchev–Trinajstić information content (AvgIpc) is 2.99. The molecule has 0 N–H and O–H groups in total. The van der Waals surface area contributed by atoms with Gasteiger partial charge in [0.2, 0.25) is 0 Å². The second-order valence-electron chi connectivity index (χ2n) is 7.70. The molecule has 3 aliphatic rings. The van der Waals surface area contributed by atoms with E-state index >= 15 is 0 Å². The first-order valence-electron chi connectivity index (χ1n) is 9.89. The number of hydrogen-bond acceptors (Lipinski definition) is 5. The lowest BCUT2D eigenvalue weighted by atomic mass is 10.0. The van der Waals surface area contributed by atoms with Crippen molar-refractivity contribution in [2.45, 2.75) is 25.0 Å². The number of halogens is 1. The Kier molecular flexibility index (Phi) is 4.47. The average molecular weight is 396 g/mol. The molecule has 6 nitrogen and oxygen atoms in total. The lowest BCUT2D eigenvalue weighted by Gasteiger charge is -2.38. The number of hydrogen-bond donors (Lipinski definition) is 0. The second kappa shape index (κ2) is 7.15. The van der Waals surface area contributed by atoms with Crippen molar-refractivity contribution < 1.29 is 23.5 Å². The molecule has 0 aromatic heterocycles. The number of carbonyl (C=O) groups excluding carboxylic acids is 2. The molecule has 2 amide bonds. The zero-order chi connectivity index (χ0) is 20.0. The molecule has 1 fully saturated rings. The number of imide groups is 1. The molecule has 7 heteroatoms. The standard InChI is InChI=1S/C22H21FN2O4/c23-17-7-3-6-16-20(17)22(27)25(21(16)26)14-5-4-10-24(11-14)12-15-13-28-18-8-1-2-9-19(18)29-15/h1-3,6-9,14-15H,4-5,10-13H2. The van der Waals surface area contributed by atoms with Gasteiger partial charge in [-0.1, -0.05) is 18.2 Å². The van der Waals surface area contributed by atoms with Crippen molar-refractivity contribution in [3.8, 4) is 11.5 Å². The van der Waals surface area contributed by atoms with E-state index in [4.69, 9.17) is 9.47 Å². The van der Waals surface area contributed by atoms with E-state index in [1.807, 2.05) is 24.3 Å². The molecule has 3 heterocycles. The summed E-state index contributed by atoms with van der Waals surface area (Å²) in [7, 11) is 0. The first-order valence-corrected chi connectivity index (χ1v) is 9.89. The molecular weight excluding hydrogens is 375 g/mol. The second-order valence-corrected chi connectivity index (χ2v) is 7.70. The molecule has 0 radical (unpaired) electrons. The van der Waals surface area contributed by atoms with Gasteiger partial charge in [-0.05, 0) is 43.7 Å². The summed E-state index contributed by atoms with van der Waals surface area (Å²) in [6.45, 7) is 2.50. The van der Waals surface area contributed by atoms with Gasteiger partial charge in [0.1, 0.15) is 18.5 Å². The fraction of sp³-hybridized carbons (Fsp3) is 0.364. The van der Waals surface area contributed by atoms with E-state index in [0.717, 1.165) is 24.5 Å². The maximum Gasteiger partial charge on any atom is 0.264 e. The van der Waals surface area contributed by atoms with Crippen LogP contribution >= 0.6 is 0 Å². The highest BCUT2D eigenvalue weighted by Gasteiger charge is 2.43. The highest BCUT2D eigenvalue weighted by atomic mass is 19.1. The number of piperidine rings is 1. The predicted octanol–water partition coefficient (Wildman–Crippen LogP) is 2.73. The normalized spacial score (nSPS) is 24.0. The van der Waals surface area contributed by atoms with Gasteiger partial charge < -0.3 is 9.47 Å². The molecular formula is C22H21FN2O4. The number of amides is 2. The fourth-order valence-electron chi connectivity index (χ4n) is 4.44. The lowest BCUT2D eigenvalue weighted by Crippen LogP contribution is -2.52. The van der Waals surface area contributed by atoms with Crippen LogP contribution in [0.5, 0.6) is 11.5 Å². The molecule has 0 bridgehead atoms. The highest BCUT2D eigenvalue weighted by molar-refractivity contribution is 6.21. The van der Waals surface area contributed by atoms with E-state index < -0.39 is 17.6 Å². The number of likely N-dealkylation sites (tertiary alicyclic amines) is 1. The van der Waals surface area contributed by atoms with Crippen molar-refractivity contribution in [1.29, 1.82) is 0 Å². The Labute approximate surface area is 167 Å². The maximum atomic E-state index is 14.1. The minimum Gasteiger partial charge on any atom is -0.486 e. The molecule has 2 aromatic carbocycles. The van der Waals surface area contributed by atoms with Crippen LogP contribution in [-0.4, -0.2) is 60.0 Å². The minimum absolute atomic E-state index is 0.102. The Morgan fingerprint density at radius 2 is 1.86 bits per heavy atom. The summed E-state index contributed by atoms with van der Waals surface area (Å²) in [6, 6.07) is 11.5. The fourth-order valence-corrected chi connectivity index (χ4v) is 4.44. The number of rotatable bonds is 3.